The fourth-order valence-electron chi connectivity index (χ4n) is 1.91. The third-order valence-corrected chi connectivity index (χ3v) is 5.93. The minimum Gasteiger partial charge on any atom is -0.333 e. The van der Waals surface area contributed by atoms with Crippen molar-refractivity contribution in [1.82, 2.24) is 9.97 Å². The van der Waals surface area contributed by atoms with Gasteiger partial charge in [0.25, 0.3) is 0 Å². The number of hydrogen-bond acceptors (Lipinski definition) is 2. The first-order valence-corrected chi connectivity index (χ1v) is 8.92. The largest absolute Gasteiger partial charge is 0.449 e. The molecule has 3 aromatic rings. The molecule has 1 heterocycles. The molecule has 0 aliphatic carbocycles. The molecule has 0 saturated heterocycles. The van der Waals surface area contributed by atoms with E-state index in [-0.39, 0.29) is 5.52 Å². The van der Waals surface area contributed by atoms with Crippen molar-refractivity contribution in [3.05, 3.63) is 50.1 Å². The van der Waals surface area contributed by atoms with Crippen LogP contribution in [0.5, 0.6) is 0 Å². The maximum absolute atomic E-state index is 12.8. The van der Waals surface area contributed by atoms with Crippen molar-refractivity contribution in [2.75, 3.05) is 0 Å². The quantitative estimate of drug-likeness (QED) is 0.426. The van der Waals surface area contributed by atoms with Crippen LogP contribution in [0.2, 0.25) is 5.02 Å². The first-order chi connectivity index (χ1) is 10.8. The van der Waals surface area contributed by atoms with E-state index in [1.807, 2.05) is 12.1 Å². The van der Waals surface area contributed by atoms with Crippen LogP contribution in [0.15, 0.2) is 49.1 Å². The summed E-state index contributed by atoms with van der Waals surface area (Å²) in [5.41, 5.74) is 0.521. The first-order valence-electron chi connectivity index (χ1n) is 6.14. The molecule has 120 valence electrons. The molecule has 0 amide bonds. The number of nitrogens with one attached hydrogen (secondary N) is 1. The van der Waals surface area contributed by atoms with Gasteiger partial charge in [-0.15, -0.1) is 0 Å². The SMILES string of the molecule is FC(F)(F)c1nc2c(Br)cc(Sc3ccc(Cl)cc3)c(Br)c2[nH]1. The van der Waals surface area contributed by atoms with E-state index in [1.54, 1.807) is 18.2 Å². The predicted octanol–water partition coefficient (Wildman–Crippen LogP) is 6.91. The minimum absolute atomic E-state index is 0.227. The number of benzene rings is 2. The van der Waals surface area contributed by atoms with Crippen LogP contribution in [0.3, 0.4) is 0 Å². The van der Waals surface area contributed by atoms with Crippen LogP contribution in [-0.4, -0.2) is 9.97 Å². The zero-order valence-corrected chi connectivity index (χ0v) is 15.8. The van der Waals surface area contributed by atoms with Gasteiger partial charge >= 0.3 is 6.18 Å². The van der Waals surface area contributed by atoms with E-state index in [4.69, 9.17) is 11.6 Å². The Morgan fingerprint density at radius 1 is 1.13 bits per heavy atom. The molecule has 0 unspecified atom stereocenters. The average Bonchev–Trinajstić information content (AvgIpc) is 2.93. The molecular formula is C14H6Br2ClF3N2S. The Kier molecular flexibility index (Phi) is 4.70. The molecule has 0 atom stereocenters. The normalized spacial score (nSPS) is 12.1. The maximum atomic E-state index is 12.8. The molecule has 0 saturated carbocycles. The maximum Gasteiger partial charge on any atom is 0.449 e. The molecule has 0 aliphatic rings. The predicted molar refractivity (Wildman–Crippen MR) is 92.1 cm³/mol. The van der Waals surface area contributed by atoms with Gasteiger partial charge in [-0.1, -0.05) is 23.4 Å². The summed E-state index contributed by atoms with van der Waals surface area (Å²) >= 11 is 13.9. The lowest BCUT2D eigenvalue weighted by molar-refractivity contribution is -0.144. The highest BCUT2D eigenvalue weighted by molar-refractivity contribution is 9.11. The fraction of sp³-hybridized carbons (Fsp3) is 0.0714. The Labute approximate surface area is 155 Å². The second-order valence-corrected chi connectivity index (χ2v) is 7.73. The van der Waals surface area contributed by atoms with Crippen LogP contribution in [0, 0.1) is 0 Å². The zero-order valence-electron chi connectivity index (χ0n) is 11.0. The highest BCUT2D eigenvalue weighted by Crippen LogP contribution is 2.41. The number of nitrogens with zero attached hydrogens (tertiary/aromatic N) is 1. The van der Waals surface area contributed by atoms with Crippen LogP contribution in [-0.2, 0) is 6.18 Å². The average molecular weight is 487 g/mol. The molecule has 9 heteroatoms. The van der Waals surface area contributed by atoms with Crippen molar-refractivity contribution in [2.45, 2.75) is 16.0 Å². The summed E-state index contributed by atoms with van der Waals surface area (Å²) in [5.74, 6) is -1.03. The van der Waals surface area contributed by atoms with Gasteiger partial charge in [0.2, 0.25) is 5.82 Å². The highest BCUT2D eigenvalue weighted by atomic mass is 79.9. The summed E-state index contributed by atoms with van der Waals surface area (Å²) in [5, 5.41) is 0.619. The fourth-order valence-corrected chi connectivity index (χ4v) is 4.25. The summed E-state index contributed by atoms with van der Waals surface area (Å²) in [6.07, 6.45) is -4.53. The molecular weight excluding hydrogens is 480 g/mol. The minimum atomic E-state index is -4.53. The third-order valence-electron chi connectivity index (χ3n) is 2.93. The Balaban J connectivity index is 2.08. The third kappa shape index (κ3) is 3.55. The number of alkyl halides is 3. The zero-order chi connectivity index (χ0) is 16.8. The van der Waals surface area contributed by atoms with Crippen molar-refractivity contribution in [3.63, 3.8) is 0 Å². The highest BCUT2D eigenvalue weighted by Gasteiger charge is 2.35. The van der Waals surface area contributed by atoms with E-state index in [0.717, 1.165) is 9.79 Å². The Hall–Kier alpha value is -0.700. The second-order valence-electron chi connectivity index (χ2n) is 4.53. The number of rotatable bonds is 2. The standard InChI is InChI=1S/C14H6Br2ClF3N2S/c15-8-5-9(23-7-3-1-6(17)2-4-7)10(16)12-11(8)21-13(22-12)14(18,19)20/h1-5H,(H,21,22). The van der Waals surface area contributed by atoms with E-state index < -0.39 is 12.0 Å². The van der Waals surface area contributed by atoms with Crippen LogP contribution >= 0.6 is 55.2 Å². The Bertz CT molecular complexity index is 878. The molecule has 2 nitrogen and oxygen atoms in total. The summed E-state index contributed by atoms with van der Waals surface area (Å²) in [7, 11) is 0. The topological polar surface area (TPSA) is 28.7 Å². The van der Waals surface area contributed by atoms with Crippen molar-refractivity contribution in [2.24, 2.45) is 0 Å². The van der Waals surface area contributed by atoms with Gasteiger partial charge in [0.15, 0.2) is 0 Å². The number of fused-ring (bicyclic) bond motifs is 1. The van der Waals surface area contributed by atoms with Gasteiger partial charge in [0.1, 0.15) is 5.52 Å². The monoisotopic (exact) mass is 484 g/mol. The van der Waals surface area contributed by atoms with Crippen LogP contribution < -0.4 is 0 Å². The van der Waals surface area contributed by atoms with Crippen LogP contribution in [0.1, 0.15) is 5.82 Å². The van der Waals surface area contributed by atoms with Crippen LogP contribution in [0.25, 0.3) is 11.0 Å². The molecule has 0 radical (unpaired) electrons. The van der Waals surface area contributed by atoms with E-state index in [9.17, 15) is 13.2 Å². The van der Waals surface area contributed by atoms with E-state index in [2.05, 4.69) is 41.8 Å². The second kappa shape index (κ2) is 6.31. The molecule has 0 spiro atoms. The van der Waals surface area contributed by atoms with Gasteiger partial charge in [0, 0.05) is 19.3 Å². The molecule has 3 rings (SSSR count). The molecule has 1 N–H and O–H groups in total. The lowest BCUT2D eigenvalue weighted by Crippen LogP contribution is -2.06. The van der Waals surface area contributed by atoms with Gasteiger partial charge in [-0.3, -0.25) is 0 Å². The number of aromatic amines is 1. The van der Waals surface area contributed by atoms with E-state index in [0.29, 0.717) is 19.5 Å². The summed E-state index contributed by atoms with van der Waals surface area (Å²) in [4.78, 5) is 7.62. The number of H-pyrrole nitrogens is 1. The Morgan fingerprint density at radius 2 is 1.78 bits per heavy atom. The van der Waals surface area contributed by atoms with Gasteiger partial charge in [0.05, 0.1) is 9.99 Å². The van der Waals surface area contributed by atoms with Crippen molar-refractivity contribution in [1.29, 1.82) is 0 Å². The summed E-state index contributed by atoms with van der Waals surface area (Å²) in [6, 6.07) is 8.91. The number of hydrogen-bond donors (Lipinski definition) is 1. The van der Waals surface area contributed by atoms with Gasteiger partial charge in [-0.25, -0.2) is 4.98 Å². The molecule has 2 aromatic carbocycles. The van der Waals surface area contributed by atoms with Crippen molar-refractivity contribution >= 4 is 66.3 Å². The van der Waals surface area contributed by atoms with E-state index in [1.165, 1.54) is 11.8 Å². The Morgan fingerprint density at radius 3 is 2.39 bits per heavy atom. The molecule has 0 aliphatic heterocycles. The molecule has 1 aromatic heterocycles. The first kappa shape index (κ1) is 17.1. The summed E-state index contributed by atoms with van der Waals surface area (Å²) in [6.45, 7) is 0. The van der Waals surface area contributed by atoms with Gasteiger partial charge < -0.3 is 4.98 Å². The van der Waals surface area contributed by atoms with Crippen LogP contribution in [0.4, 0.5) is 13.2 Å². The lowest BCUT2D eigenvalue weighted by Gasteiger charge is -2.07. The van der Waals surface area contributed by atoms with E-state index >= 15 is 0 Å². The number of halogens is 6. The molecule has 23 heavy (non-hydrogen) atoms. The molecule has 0 fully saturated rings. The number of imidazole rings is 1. The lowest BCUT2D eigenvalue weighted by atomic mass is 10.3. The number of aromatic nitrogens is 2. The molecule has 0 bridgehead atoms. The smallest absolute Gasteiger partial charge is 0.333 e. The summed E-state index contributed by atoms with van der Waals surface area (Å²) < 4.78 is 39.5. The van der Waals surface area contributed by atoms with Gasteiger partial charge in [-0.05, 0) is 62.2 Å². The van der Waals surface area contributed by atoms with Crippen molar-refractivity contribution < 1.29 is 13.2 Å². The van der Waals surface area contributed by atoms with Crippen molar-refractivity contribution in [3.8, 4) is 0 Å². The van der Waals surface area contributed by atoms with Gasteiger partial charge in [-0.2, -0.15) is 13.2 Å².